The van der Waals surface area contributed by atoms with Crippen LogP contribution in [0.15, 0.2) is 47.8 Å². The van der Waals surface area contributed by atoms with Crippen molar-refractivity contribution in [1.82, 2.24) is 4.98 Å². The number of nitrogens with one attached hydrogen (secondary N) is 1. The summed E-state index contributed by atoms with van der Waals surface area (Å²) in [5.74, 6) is -0.442. The van der Waals surface area contributed by atoms with E-state index >= 15 is 0 Å². The molecule has 1 aromatic heterocycles. The SMILES string of the molecule is Cc1ccc(Cl)cc1NC(=O)Cc1csc(-c2ccc(F)cc2)n1. The van der Waals surface area contributed by atoms with Gasteiger partial charge in [-0.3, -0.25) is 4.79 Å². The third kappa shape index (κ3) is 3.99. The Balaban J connectivity index is 1.69. The van der Waals surface area contributed by atoms with Gasteiger partial charge >= 0.3 is 0 Å². The second kappa shape index (κ2) is 7.11. The lowest BCUT2D eigenvalue weighted by Crippen LogP contribution is -2.15. The number of hydrogen-bond acceptors (Lipinski definition) is 3. The van der Waals surface area contributed by atoms with Crippen LogP contribution >= 0.6 is 22.9 Å². The maximum Gasteiger partial charge on any atom is 0.230 e. The molecule has 122 valence electrons. The van der Waals surface area contributed by atoms with Gasteiger partial charge in [0, 0.05) is 21.7 Å². The monoisotopic (exact) mass is 360 g/mol. The van der Waals surface area contributed by atoms with Crippen LogP contribution in [-0.2, 0) is 11.2 Å². The predicted molar refractivity (Wildman–Crippen MR) is 96.0 cm³/mol. The summed E-state index contributed by atoms with van der Waals surface area (Å²) in [6.07, 6.45) is 0.170. The molecule has 0 radical (unpaired) electrons. The van der Waals surface area contributed by atoms with Crippen LogP contribution in [0.4, 0.5) is 10.1 Å². The van der Waals surface area contributed by atoms with Crippen LogP contribution in [0.2, 0.25) is 5.02 Å². The van der Waals surface area contributed by atoms with Crippen LogP contribution in [0.3, 0.4) is 0 Å². The predicted octanol–water partition coefficient (Wildman–Crippen LogP) is 5.09. The van der Waals surface area contributed by atoms with Crippen LogP contribution in [0.25, 0.3) is 10.6 Å². The second-order valence-electron chi connectivity index (χ2n) is 5.34. The lowest BCUT2D eigenvalue weighted by molar-refractivity contribution is -0.115. The minimum atomic E-state index is -0.285. The molecule has 0 spiro atoms. The van der Waals surface area contributed by atoms with E-state index in [9.17, 15) is 9.18 Å². The number of carbonyl (C=O) groups is 1. The first-order valence-corrected chi connectivity index (χ1v) is 8.53. The summed E-state index contributed by atoms with van der Waals surface area (Å²) in [4.78, 5) is 16.6. The Bertz CT molecular complexity index is 877. The van der Waals surface area contributed by atoms with Crippen molar-refractivity contribution >= 4 is 34.5 Å². The van der Waals surface area contributed by atoms with E-state index in [1.54, 1.807) is 24.3 Å². The maximum absolute atomic E-state index is 13.0. The molecule has 3 nitrogen and oxygen atoms in total. The number of benzene rings is 2. The summed E-state index contributed by atoms with van der Waals surface area (Å²) >= 11 is 7.38. The molecular weight excluding hydrogens is 347 g/mol. The Morgan fingerprint density at radius 2 is 2.00 bits per heavy atom. The van der Waals surface area contributed by atoms with Gasteiger partial charge in [0.1, 0.15) is 10.8 Å². The first-order valence-electron chi connectivity index (χ1n) is 7.27. The topological polar surface area (TPSA) is 42.0 Å². The van der Waals surface area contributed by atoms with Gasteiger partial charge in [-0.2, -0.15) is 0 Å². The molecule has 0 aliphatic heterocycles. The molecule has 0 atom stereocenters. The number of rotatable bonds is 4. The highest BCUT2D eigenvalue weighted by molar-refractivity contribution is 7.13. The molecule has 0 unspecified atom stereocenters. The molecule has 3 aromatic rings. The summed E-state index contributed by atoms with van der Waals surface area (Å²) in [5.41, 5.74) is 3.15. The van der Waals surface area contributed by atoms with Crippen LogP contribution in [-0.4, -0.2) is 10.9 Å². The van der Waals surface area contributed by atoms with Crippen LogP contribution in [0, 0.1) is 12.7 Å². The first kappa shape index (κ1) is 16.6. The number of carbonyl (C=O) groups excluding carboxylic acids is 1. The Hall–Kier alpha value is -2.24. The van der Waals surface area contributed by atoms with Gasteiger partial charge in [-0.05, 0) is 48.9 Å². The van der Waals surface area contributed by atoms with Crippen molar-refractivity contribution in [1.29, 1.82) is 0 Å². The van der Waals surface area contributed by atoms with Crippen LogP contribution < -0.4 is 5.32 Å². The largest absolute Gasteiger partial charge is 0.325 e. The number of hydrogen-bond donors (Lipinski definition) is 1. The molecule has 0 fully saturated rings. The smallest absolute Gasteiger partial charge is 0.230 e. The fourth-order valence-corrected chi connectivity index (χ4v) is 3.20. The number of aromatic nitrogens is 1. The van der Waals surface area contributed by atoms with Gasteiger partial charge in [0.15, 0.2) is 0 Å². The van der Waals surface area contributed by atoms with E-state index in [0.29, 0.717) is 16.4 Å². The molecule has 0 aliphatic carbocycles. The van der Waals surface area contributed by atoms with Crippen LogP contribution in [0.1, 0.15) is 11.3 Å². The number of thiazole rings is 1. The van der Waals surface area contributed by atoms with Crippen molar-refractivity contribution < 1.29 is 9.18 Å². The molecule has 0 bridgehead atoms. The van der Waals surface area contributed by atoms with Crippen molar-refractivity contribution in [3.8, 4) is 10.6 Å². The third-order valence-electron chi connectivity index (χ3n) is 3.46. The molecule has 2 aromatic carbocycles. The van der Waals surface area contributed by atoms with Gasteiger partial charge in [0.25, 0.3) is 0 Å². The van der Waals surface area contributed by atoms with Crippen molar-refractivity contribution in [3.63, 3.8) is 0 Å². The van der Waals surface area contributed by atoms with Crippen molar-refractivity contribution in [2.75, 3.05) is 5.32 Å². The minimum absolute atomic E-state index is 0.156. The number of aryl methyl sites for hydroxylation is 1. The average Bonchev–Trinajstić information content (AvgIpc) is 3.00. The van der Waals surface area contributed by atoms with E-state index in [1.807, 2.05) is 18.4 Å². The standard InChI is InChI=1S/C18H14ClFN2OS/c1-11-2-5-13(19)8-16(11)22-17(23)9-15-10-24-18(21-15)12-3-6-14(20)7-4-12/h2-8,10H,9H2,1H3,(H,22,23). The highest BCUT2D eigenvalue weighted by atomic mass is 35.5. The van der Waals surface area contributed by atoms with E-state index in [4.69, 9.17) is 11.6 Å². The summed E-state index contributed by atoms with van der Waals surface area (Å²) in [6.45, 7) is 1.90. The van der Waals surface area contributed by atoms with Crippen molar-refractivity contribution in [3.05, 3.63) is 69.9 Å². The number of amides is 1. The van der Waals surface area contributed by atoms with Crippen molar-refractivity contribution in [2.45, 2.75) is 13.3 Å². The average molecular weight is 361 g/mol. The van der Waals surface area contributed by atoms with E-state index in [2.05, 4.69) is 10.3 Å². The van der Waals surface area contributed by atoms with Gasteiger partial charge in [-0.15, -0.1) is 11.3 Å². The molecule has 1 N–H and O–H groups in total. The van der Waals surface area contributed by atoms with E-state index in [0.717, 1.165) is 16.1 Å². The van der Waals surface area contributed by atoms with Crippen molar-refractivity contribution in [2.24, 2.45) is 0 Å². The molecule has 1 amide bonds. The normalized spacial score (nSPS) is 10.6. The number of anilines is 1. The van der Waals surface area contributed by atoms with E-state index < -0.39 is 0 Å². The zero-order valence-corrected chi connectivity index (χ0v) is 14.4. The van der Waals surface area contributed by atoms with Gasteiger partial charge in [-0.25, -0.2) is 9.37 Å². The summed E-state index contributed by atoms with van der Waals surface area (Å²) in [5, 5.41) is 6.02. The van der Waals surface area contributed by atoms with Crippen LogP contribution in [0.5, 0.6) is 0 Å². The Morgan fingerprint density at radius 1 is 1.25 bits per heavy atom. The van der Waals surface area contributed by atoms with E-state index in [-0.39, 0.29) is 18.1 Å². The lowest BCUT2D eigenvalue weighted by Gasteiger charge is -2.08. The van der Waals surface area contributed by atoms with Gasteiger partial charge in [0.2, 0.25) is 5.91 Å². The Labute approximate surface area is 148 Å². The molecule has 6 heteroatoms. The summed E-state index contributed by atoms with van der Waals surface area (Å²) in [6, 6.07) is 11.5. The minimum Gasteiger partial charge on any atom is -0.325 e. The molecule has 0 aliphatic rings. The van der Waals surface area contributed by atoms with E-state index in [1.165, 1.54) is 23.5 Å². The molecule has 3 rings (SSSR count). The number of nitrogens with zero attached hydrogens (tertiary/aromatic N) is 1. The molecular formula is C18H14ClFN2OS. The lowest BCUT2D eigenvalue weighted by atomic mass is 10.2. The second-order valence-corrected chi connectivity index (χ2v) is 6.63. The summed E-state index contributed by atoms with van der Waals surface area (Å²) in [7, 11) is 0. The highest BCUT2D eigenvalue weighted by Gasteiger charge is 2.11. The fraction of sp³-hybridized carbons (Fsp3) is 0.111. The number of halogens is 2. The zero-order valence-electron chi connectivity index (χ0n) is 12.8. The van der Waals surface area contributed by atoms with Gasteiger partial charge in [0.05, 0.1) is 12.1 Å². The zero-order chi connectivity index (χ0) is 17.1. The third-order valence-corrected chi connectivity index (χ3v) is 4.63. The quantitative estimate of drug-likeness (QED) is 0.704. The maximum atomic E-state index is 13.0. The summed E-state index contributed by atoms with van der Waals surface area (Å²) < 4.78 is 13.0. The fourth-order valence-electron chi connectivity index (χ4n) is 2.20. The molecule has 1 heterocycles. The van der Waals surface area contributed by atoms with Gasteiger partial charge in [-0.1, -0.05) is 17.7 Å². The molecule has 0 saturated carbocycles. The first-order chi connectivity index (χ1) is 11.5. The highest BCUT2D eigenvalue weighted by Crippen LogP contribution is 2.25. The Morgan fingerprint density at radius 3 is 2.75 bits per heavy atom. The molecule has 0 saturated heterocycles. The van der Waals surface area contributed by atoms with Gasteiger partial charge < -0.3 is 5.32 Å². The Kier molecular flexibility index (Phi) is 4.92. The molecule has 24 heavy (non-hydrogen) atoms.